The Balaban J connectivity index is 2.05. The number of benzene rings is 2. The van der Waals surface area contributed by atoms with Crippen LogP contribution < -0.4 is 4.72 Å². The zero-order valence-corrected chi connectivity index (χ0v) is 14.2. The minimum atomic E-state index is -3.50. The Labute approximate surface area is 139 Å². The lowest BCUT2D eigenvalue weighted by Gasteiger charge is -2.17. The molecule has 0 bridgehead atoms. The van der Waals surface area contributed by atoms with Gasteiger partial charge in [-0.2, -0.15) is 0 Å². The van der Waals surface area contributed by atoms with Gasteiger partial charge in [0.2, 0.25) is 10.0 Å². The van der Waals surface area contributed by atoms with Gasteiger partial charge in [-0.05, 0) is 43.9 Å². The third-order valence-corrected chi connectivity index (χ3v) is 5.26. The lowest BCUT2D eigenvalue weighted by Crippen LogP contribution is -2.34. The normalized spacial score (nSPS) is 12.7. The Hall–Kier alpha value is -1.91. The molecule has 2 rings (SSSR count). The fourth-order valence-corrected chi connectivity index (χ4v) is 3.70. The summed E-state index contributed by atoms with van der Waals surface area (Å²) in [5.74, 6) is 0. The highest BCUT2D eigenvalue weighted by molar-refractivity contribution is 7.89. The maximum Gasteiger partial charge on any atom is 0.240 e. The number of rotatable bonds is 8. The molecule has 2 aromatic rings. The van der Waals surface area contributed by atoms with Crippen LogP contribution in [0.15, 0.2) is 72.1 Å². The molecule has 3 nitrogen and oxygen atoms in total. The summed E-state index contributed by atoms with van der Waals surface area (Å²) in [5.41, 5.74) is 2.24. The van der Waals surface area contributed by atoms with Gasteiger partial charge >= 0.3 is 0 Å². The van der Waals surface area contributed by atoms with E-state index in [0.717, 1.165) is 18.4 Å². The lowest BCUT2D eigenvalue weighted by molar-refractivity contribution is 0.529. The maximum atomic E-state index is 12.5. The first-order valence-electron chi connectivity index (χ1n) is 7.75. The first-order valence-corrected chi connectivity index (χ1v) is 9.23. The molecule has 122 valence electrons. The van der Waals surface area contributed by atoms with Gasteiger partial charge < -0.3 is 0 Å². The molecule has 1 N–H and O–H groups in total. The Morgan fingerprint density at radius 1 is 1.09 bits per heavy atom. The summed E-state index contributed by atoms with van der Waals surface area (Å²) in [6.07, 6.45) is 3.93. The summed E-state index contributed by atoms with van der Waals surface area (Å²) in [6, 6.07) is 16.8. The Morgan fingerprint density at radius 2 is 1.74 bits per heavy atom. The number of nitrogens with one attached hydrogen (secondary N) is 1. The van der Waals surface area contributed by atoms with Crippen LogP contribution in [0.3, 0.4) is 0 Å². The van der Waals surface area contributed by atoms with Gasteiger partial charge in [0.05, 0.1) is 4.90 Å². The van der Waals surface area contributed by atoms with Gasteiger partial charge in [-0.3, -0.25) is 0 Å². The second kappa shape index (κ2) is 8.09. The average molecular weight is 329 g/mol. The molecular weight excluding hydrogens is 306 g/mol. The molecule has 0 saturated carbocycles. The average Bonchev–Trinajstić information content (AvgIpc) is 2.54. The van der Waals surface area contributed by atoms with Crippen LogP contribution in [0.5, 0.6) is 0 Å². The molecule has 0 fully saturated rings. The molecule has 0 aliphatic heterocycles. The third kappa shape index (κ3) is 5.34. The van der Waals surface area contributed by atoms with Crippen LogP contribution in [0, 0.1) is 6.92 Å². The SMILES string of the molecule is C=CCC(CCc1ccccc1)NS(=O)(=O)c1ccc(C)cc1. The minimum Gasteiger partial charge on any atom is -0.208 e. The van der Waals surface area contributed by atoms with E-state index in [1.54, 1.807) is 30.3 Å². The van der Waals surface area contributed by atoms with Gasteiger partial charge in [0, 0.05) is 6.04 Å². The van der Waals surface area contributed by atoms with Crippen molar-refractivity contribution in [1.29, 1.82) is 0 Å². The standard InChI is InChI=1S/C19H23NO2S/c1-3-7-18(13-12-17-8-5-4-6-9-17)20-23(21,22)19-14-10-16(2)11-15-19/h3-6,8-11,14-15,18,20H,1,7,12-13H2,2H3. The minimum absolute atomic E-state index is 0.154. The van der Waals surface area contributed by atoms with Crippen molar-refractivity contribution in [3.05, 3.63) is 78.4 Å². The lowest BCUT2D eigenvalue weighted by atomic mass is 10.0. The van der Waals surface area contributed by atoms with Crippen LogP contribution in [0.25, 0.3) is 0 Å². The molecule has 0 radical (unpaired) electrons. The van der Waals surface area contributed by atoms with E-state index in [-0.39, 0.29) is 6.04 Å². The van der Waals surface area contributed by atoms with E-state index in [0.29, 0.717) is 11.3 Å². The fraction of sp³-hybridized carbons (Fsp3) is 0.263. The van der Waals surface area contributed by atoms with Crippen molar-refractivity contribution >= 4 is 10.0 Å². The first-order chi connectivity index (χ1) is 11.0. The predicted molar refractivity (Wildman–Crippen MR) is 94.9 cm³/mol. The zero-order chi connectivity index (χ0) is 16.7. The Morgan fingerprint density at radius 3 is 2.35 bits per heavy atom. The first kappa shape index (κ1) is 17.4. The topological polar surface area (TPSA) is 46.2 Å². The van der Waals surface area contributed by atoms with E-state index in [1.807, 2.05) is 25.1 Å². The number of hydrogen-bond donors (Lipinski definition) is 1. The van der Waals surface area contributed by atoms with E-state index in [2.05, 4.69) is 23.4 Å². The molecule has 0 saturated heterocycles. The quantitative estimate of drug-likeness (QED) is 0.748. The van der Waals surface area contributed by atoms with E-state index >= 15 is 0 Å². The predicted octanol–water partition coefficient (Wildman–Crippen LogP) is 3.85. The van der Waals surface area contributed by atoms with Crippen molar-refractivity contribution in [1.82, 2.24) is 4.72 Å². The van der Waals surface area contributed by atoms with Crippen LogP contribution >= 0.6 is 0 Å². The highest BCUT2D eigenvalue weighted by atomic mass is 32.2. The molecule has 0 amide bonds. The van der Waals surface area contributed by atoms with Crippen molar-refractivity contribution in [3.63, 3.8) is 0 Å². The van der Waals surface area contributed by atoms with E-state index in [9.17, 15) is 8.42 Å². The summed E-state index contributed by atoms with van der Waals surface area (Å²) in [4.78, 5) is 0.303. The number of sulfonamides is 1. The molecule has 4 heteroatoms. The van der Waals surface area contributed by atoms with Gasteiger partial charge in [-0.25, -0.2) is 13.1 Å². The summed E-state index contributed by atoms with van der Waals surface area (Å²) in [7, 11) is -3.50. The highest BCUT2D eigenvalue weighted by Gasteiger charge is 2.19. The second-order valence-electron chi connectivity index (χ2n) is 5.68. The van der Waals surface area contributed by atoms with Crippen LogP contribution in [0.4, 0.5) is 0 Å². The van der Waals surface area contributed by atoms with Crippen molar-refractivity contribution < 1.29 is 8.42 Å². The van der Waals surface area contributed by atoms with Crippen molar-refractivity contribution in [2.75, 3.05) is 0 Å². The van der Waals surface area contributed by atoms with Crippen LogP contribution in [-0.2, 0) is 16.4 Å². The highest BCUT2D eigenvalue weighted by Crippen LogP contribution is 2.14. The smallest absolute Gasteiger partial charge is 0.208 e. The van der Waals surface area contributed by atoms with Gasteiger partial charge in [0.15, 0.2) is 0 Å². The van der Waals surface area contributed by atoms with Crippen molar-refractivity contribution in [3.8, 4) is 0 Å². The second-order valence-corrected chi connectivity index (χ2v) is 7.39. The number of aryl methyl sites for hydroxylation is 2. The molecule has 0 aliphatic carbocycles. The van der Waals surface area contributed by atoms with Crippen molar-refractivity contribution in [2.24, 2.45) is 0 Å². The molecular formula is C19H23NO2S. The molecule has 0 spiro atoms. The summed E-state index contributed by atoms with van der Waals surface area (Å²) in [6.45, 7) is 5.67. The van der Waals surface area contributed by atoms with Crippen LogP contribution in [0.2, 0.25) is 0 Å². The Bertz CT molecular complexity index is 722. The number of hydrogen-bond acceptors (Lipinski definition) is 2. The molecule has 0 aromatic heterocycles. The Kier molecular flexibility index (Phi) is 6.13. The van der Waals surface area contributed by atoms with Gasteiger partial charge in [0.25, 0.3) is 0 Å². The van der Waals surface area contributed by atoms with E-state index < -0.39 is 10.0 Å². The molecule has 0 heterocycles. The van der Waals surface area contributed by atoms with Gasteiger partial charge in [-0.1, -0.05) is 54.1 Å². The van der Waals surface area contributed by atoms with Crippen LogP contribution in [-0.4, -0.2) is 14.5 Å². The van der Waals surface area contributed by atoms with E-state index in [4.69, 9.17) is 0 Å². The summed E-state index contributed by atoms with van der Waals surface area (Å²) >= 11 is 0. The molecule has 0 aliphatic rings. The van der Waals surface area contributed by atoms with Crippen LogP contribution in [0.1, 0.15) is 24.0 Å². The molecule has 2 aromatic carbocycles. The summed E-state index contributed by atoms with van der Waals surface area (Å²) in [5, 5.41) is 0. The maximum absolute atomic E-state index is 12.5. The monoisotopic (exact) mass is 329 g/mol. The zero-order valence-electron chi connectivity index (χ0n) is 13.4. The molecule has 1 atom stereocenters. The van der Waals surface area contributed by atoms with Crippen molar-refractivity contribution in [2.45, 2.75) is 37.1 Å². The molecule has 23 heavy (non-hydrogen) atoms. The molecule has 1 unspecified atom stereocenters. The third-order valence-electron chi connectivity index (χ3n) is 3.73. The summed E-state index contributed by atoms with van der Waals surface area (Å²) < 4.78 is 27.8. The van der Waals surface area contributed by atoms with Gasteiger partial charge in [0.1, 0.15) is 0 Å². The van der Waals surface area contributed by atoms with Gasteiger partial charge in [-0.15, -0.1) is 6.58 Å². The van der Waals surface area contributed by atoms with E-state index in [1.165, 1.54) is 5.56 Å². The fourth-order valence-electron chi connectivity index (χ4n) is 2.42. The largest absolute Gasteiger partial charge is 0.240 e.